The first-order valence-corrected chi connectivity index (χ1v) is 7.58. The van der Waals surface area contributed by atoms with Crippen LogP contribution in [0.15, 0.2) is 18.2 Å². The van der Waals surface area contributed by atoms with Crippen molar-refractivity contribution in [2.45, 2.75) is 27.0 Å². The number of ether oxygens (including phenoxy) is 1. The van der Waals surface area contributed by atoms with E-state index in [-0.39, 0.29) is 0 Å². The van der Waals surface area contributed by atoms with Gasteiger partial charge >= 0.3 is 0 Å². The lowest BCUT2D eigenvalue weighted by Gasteiger charge is -2.10. The molecule has 0 aliphatic heterocycles. The standard InChI is InChI=1S/C15H19Cl2N3O/c1-4-18-8-11-5-6-14(13(16)7-11)21-9-12-10(2)19-20(3)15(12)17/h5-7,18H,4,8-9H2,1-3H3. The smallest absolute Gasteiger partial charge is 0.138 e. The number of rotatable bonds is 6. The topological polar surface area (TPSA) is 39.1 Å². The Labute approximate surface area is 135 Å². The third-order valence-electron chi connectivity index (χ3n) is 3.22. The quantitative estimate of drug-likeness (QED) is 0.878. The largest absolute Gasteiger partial charge is 0.487 e. The summed E-state index contributed by atoms with van der Waals surface area (Å²) in [5.41, 5.74) is 2.87. The van der Waals surface area contributed by atoms with Gasteiger partial charge in [-0.1, -0.05) is 36.2 Å². The second-order valence-corrected chi connectivity index (χ2v) is 5.58. The van der Waals surface area contributed by atoms with Crippen LogP contribution in [0.2, 0.25) is 10.2 Å². The molecule has 0 saturated carbocycles. The first-order chi connectivity index (χ1) is 10.0. The summed E-state index contributed by atoms with van der Waals surface area (Å²) in [6.45, 7) is 6.05. The zero-order chi connectivity index (χ0) is 15.4. The fourth-order valence-corrected chi connectivity index (χ4v) is 2.52. The predicted octanol–water partition coefficient (Wildman–Crippen LogP) is 3.72. The number of hydrogen-bond acceptors (Lipinski definition) is 3. The molecule has 0 spiro atoms. The molecule has 1 aromatic carbocycles. The maximum Gasteiger partial charge on any atom is 0.138 e. The number of aryl methyl sites for hydroxylation is 2. The van der Waals surface area contributed by atoms with E-state index >= 15 is 0 Å². The lowest BCUT2D eigenvalue weighted by molar-refractivity contribution is 0.305. The third kappa shape index (κ3) is 3.90. The van der Waals surface area contributed by atoms with E-state index in [1.165, 1.54) is 0 Å². The minimum atomic E-state index is 0.352. The molecule has 1 heterocycles. The van der Waals surface area contributed by atoms with Crippen LogP contribution in [0, 0.1) is 6.92 Å². The Morgan fingerprint density at radius 2 is 2.10 bits per heavy atom. The number of halogens is 2. The molecule has 0 unspecified atom stereocenters. The molecular formula is C15H19Cl2N3O. The van der Waals surface area contributed by atoms with E-state index in [1.807, 2.05) is 25.1 Å². The summed E-state index contributed by atoms with van der Waals surface area (Å²) in [5, 5.41) is 8.71. The second-order valence-electron chi connectivity index (χ2n) is 4.81. The summed E-state index contributed by atoms with van der Waals surface area (Å²) in [7, 11) is 1.81. The maximum atomic E-state index is 6.25. The van der Waals surface area contributed by atoms with Crippen LogP contribution < -0.4 is 10.1 Å². The Morgan fingerprint density at radius 3 is 2.67 bits per heavy atom. The minimum Gasteiger partial charge on any atom is -0.487 e. The minimum absolute atomic E-state index is 0.352. The average molecular weight is 328 g/mol. The molecule has 0 aliphatic rings. The highest BCUT2D eigenvalue weighted by molar-refractivity contribution is 6.32. The van der Waals surface area contributed by atoms with Crippen LogP contribution in [0.5, 0.6) is 5.75 Å². The van der Waals surface area contributed by atoms with Crippen LogP contribution in [-0.4, -0.2) is 16.3 Å². The van der Waals surface area contributed by atoms with Gasteiger partial charge in [0.15, 0.2) is 0 Å². The molecule has 1 aromatic heterocycles. The Hall–Kier alpha value is -1.23. The molecule has 0 atom stereocenters. The van der Waals surface area contributed by atoms with E-state index < -0.39 is 0 Å². The van der Waals surface area contributed by atoms with Crippen molar-refractivity contribution >= 4 is 23.2 Å². The zero-order valence-corrected chi connectivity index (χ0v) is 13.9. The van der Waals surface area contributed by atoms with Crippen LogP contribution >= 0.6 is 23.2 Å². The molecule has 2 aromatic rings. The third-order valence-corrected chi connectivity index (χ3v) is 3.99. The normalized spacial score (nSPS) is 10.9. The highest BCUT2D eigenvalue weighted by Crippen LogP contribution is 2.28. The van der Waals surface area contributed by atoms with Crippen molar-refractivity contribution in [3.63, 3.8) is 0 Å². The van der Waals surface area contributed by atoms with E-state index in [4.69, 9.17) is 27.9 Å². The second kappa shape index (κ2) is 7.16. The number of nitrogens with zero attached hydrogens (tertiary/aromatic N) is 2. The summed E-state index contributed by atoms with van der Waals surface area (Å²) in [6.07, 6.45) is 0. The molecule has 0 aliphatic carbocycles. The van der Waals surface area contributed by atoms with Crippen molar-refractivity contribution in [1.29, 1.82) is 0 Å². The van der Waals surface area contributed by atoms with Gasteiger partial charge in [-0.3, -0.25) is 4.68 Å². The van der Waals surface area contributed by atoms with Gasteiger partial charge in [0.05, 0.1) is 10.7 Å². The fourth-order valence-electron chi connectivity index (χ4n) is 2.03. The van der Waals surface area contributed by atoms with Crippen molar-refractivity contribution in [3.05, 3.63) is 45.2 Å². The van der Waals surface area contributed by atoms with Crippen molar-refractivity contribution in [1.82, 2.24) is 15.1 Å². The summed E-state index contributed by atoms with van der Waals surface area (Å²) >= 11 is 12.4. The fraction of sp³-hybridized carbons (Fsp3) is 0.400. The molecule has 0 radical (unpaired) electrons. The Balaban J connectivity index is 2.06. The van der Waals surface area contributed by atoms with Crippen LogP contribution in [-0.2, 0) is 20.2 Å². The van der Waals surface area contributed by atoms with Gasteiger partial charge in [0.25, 0.3) is 0 Å². The molecule has 21 heavy (non-hydrogen) atoms. The van der Waals surface area contributed by atoms with Gasteiger partial charge in [0, 0.05) is 19.2 Å². The van der Waals surface area contributed by atoms with E-state index in [1.54, 1.807) is 11.7 Å². The SMILES string of the molecule is CCNCc1ccc(OCc2c(C)nn(C)c2Cl)c(Cl)c1. The first-order valence-electron chi connectivity index (χ1n) is 6.82. The molecule has 1 N–H and O–H groups in total. The van der Waals surface area contributed by atoms with Gasteiger partial charge in [-0.25, -0.2) is 0 Å². The number of hydrogen-bond donors (Lipinski definition) is 1. The first kappa shape index (κ1) is 16.1. The molecule has 6 heteroatoms. The van der Waals surface area contributed by atoms with Crippen molar-refractivity contribution in [2.75, 3.05) is 6.54 Å². The van der Waals surface area contributed by atoms with Gasteiger partial charge in [-0.2, -0.15) is 5.10 Å². The van der Waals surface area contributed by atoms with Crippen molar-refractivity contribution < 1.29 is 4.74 Å². The monoisotopic (exact) mass is 327 g/mol. The summed E-state index contributed by atoms with van der Waals surface area (Å²) in [4.78, 5) is 0. The van der Waals surface area contributed by atoms with E-state index in [0.29, 0.717) is 22.5 Å². The van der Waals surface area contributed by atoms with E-state index in [9.17, 15) is 0 Å². The number of aromatic nitrogens is 2. The molecule has 0 bridgehead atoms. The van der Waals surface area contributed by atoms with Gasteiger partial charge in [-0.05, 0) is 31.2 Å². The highest BCUT2D eigenvalue weighted by atomic mass is 35.5. The Bertz CT molecular complexity index is 626. The number of nitrogens with one attached hydrogen (secondary N) is 1. The van der Waals surface area contributed by atoms with Crippen LogP contribution in [0.25, 0.3) is 0 Å². The van der Waals surface area contributed by atoms with E-state index in [0.717, 1.165) is 29.9 Å². The van der Waals surface area contributed by atoms with E-state index in [2.05, 4.69) is 17.3 Å². The van der Waals surface area contributed by atoms with Crippen molar-refractivity contribution in [2.24, 2.45) is 7.05 Å². The van der Waals surface area contributed by atoms with Crippen LogP contribution in [0.4, 0.5) is 0 Å². The molecule has 0 saturated heterocycles. The molecule has 114 valence electrons. The highest BCUT2D eigenvalue weighted by Gasteiger charge is 2.12. The van der Waals surface area contributed by atoms with Crippen LogP contribution in [0.1, 0.15) is 23.7 Å². The molecular weight excluding hydrogens is 309 g/mol. The lowest BCUT2D eigenvalue weighted by Crippen LogP contribution is -2.11. The Kier molecular flexibility index (Phi) is 5.51. The van der Waals surface area contributed by atoms with Crippen LogP contribution in [0.3, 0.4) is 0 Å². The molecule has 0 fully saturated rings. The maximum absolute atomic E-state index is 6.25. The summed E-state index contributed by atoms with van der Waals surface area (Å²) in [6, 6.07) is 5.80. The molecule has 4 nitrogen and oxygen atoms in total. The van der Waals surface area contributed by atoms with Gasteiger partial charge < -0.3 is 10.1 Å². The number of benzene rings is 1. The van der Waals surface area contributed by atoms with Gasteiger partial charge in [-0.15, -0.1) is 0 Å². The summed E-state index contributed by atoms with van der Waals surface area (Å²) < 4.78 is 7.40. The zero-order valence-electron chi connectivity index (χ0n) is 12.4. The molecule has 0 amide bonds. The average Bonchev–Trinajstić information content (AvgIpc) is 2.69. The Morgan fingerprint density at radius 1 is 1.33 bits per heavy atom. The van der Waals surface area contributed by atoms with Gasteiger partial charge in [0.1, 0.15) is 17.5 Å². The predicted molar refractivity (Wildman–Crippen MR) is 86.1 cm³/mol. The van der Waals surface area contributed by atoms with Crippen molar-refractivity contribution in [3.8, 4) is 5.75 Å². The van der Waals surface area contributed by atoms with Gasteiger partial charge in [0.2, 0.25) is 0 Å². The molecule has 2 rings (SSSR count). The summed E-state index contributed by atoms with van der Waals surface area (Å²) in [5.74, 6) is 0.649. The lowest BCUT2D eigenvalue weighted by atomic mass is 10.2.